The fourth-order valence-electron chi connectivity index (χ4n) is 3.38. The number of hydrogen-bond donors (Lipinski definition) is 2. The fraction of sp³-hybridized carbons (Fsp3) is 0.316. The third kappa shape index (κ3) is 3.22. The molecule has 0 saturated carbocycles. The lowest BCUT2D eigenvalue weighted by atomic mass is 9.95. The number of carbonyl (C=O) groups excluding carboxylic acids is 1. The van der Waals surface area contributed by atoms with E-state index < -0.39 is 0 Å². The van der Waals surface area contributed by atoms with Crippen LogP contribution in [0.1, 0.15) is 17.7 Å². The van der Waals surface area contributed by atoms with Gasteiger partial charge in [-0.25, -0.2) is 9.97 Å². The zero-order valence-electron chi connectivity index (χ0n) is 14.5. The second-order valence-electron chi connectivity index (χ2n) is 6.54. The number of anilines is 2. The van der Waals surface area contributed by atoms with E-state index in [4.69, 9.17) is 0 Å². The molecule has 0 radical (unpaired) electrons. The standard InChI is InChI=1S/C19H20N4O2S/c1-12-10-14-17(20-11-21-19(14)26-12)23-8-6-13(7-9-23)18(25)22-15-4-2-3-5-16(15)24/h2-5,10-11,13,24H,6-9H2,1H3,(H,22,25). The first-order chi connectivity index (χ1) is 12.6. The van der Waals surface area contributed by atoms with Gasteiger partial charge in [0.1, 0.15) is 22.7 Å². The van der Waals surface area contributed by atoms with Crippen LogP contribution in [0.25, 0.3) is 10.2 Å². The van der Waals surface area contributed by atoms with E-state index in [2.05, 4.69) is 33.2 Å². The highest BCUT2D eigenvalue weighted by Gasteiger charge is 2.27. The number of carbonyl (C=O) groups is 1. The van der Waals surface area contributed by atoms with E-state index in [1.165, 1.54) is 4.88 Å². The summed E-state index contributed by atoms with van der Waals surface area (Å²) in [6, 6.07) is 8.94. The minimum absolute atomic E-state index is 0.0367. The number of amides is 1. The van der Waals surface area contributed by atoms with Crippen molar-refractivity contribution in [1.29, 1.82) is 0 Å². The molecule has 3 aromatic rings. The van der Waals surface area contributed by atoms with Crippen LogP contribution in [0.5, 0.6) is 5.75 Å². The van der Waals surface area contributed by atoms with Crippen molar-refractivity contribution in [3.05, 3.63) is 41.5 Å². The molecular formula is C19H20N4O2S. The maximum atomic E-state index is 12.5. The highest BCUT2D eigenvalue weighted by molar-refractivity contribution is 7.18. The minimum Gasteiger partial charge on any atom is -0.506 e. The maximum absolute atomic E-state index is 12.5. The Labute approximate surface area is 155 Å². The molecule has 1 aliphatic heterocycles. The molecular weight excluding hydrogens is 348 g/mol. The van der Waals surface area contributed by atoms with Gasteiger partial charge in [-0.3, -0.25) is 4.79 Å². The predicted molar refractivity (Wildman–Crippen MR) is 104 cm³/mol. The van der Waals surface area contributed by atoms with Crippen molar-refractivity contribution in [2.45, 2.75) is 19.8 Å². The number of phenolic OH excluding ortho intramolecular Hbond substituents is 1. The molecule has 1 aromatic carbocycles. The van der Waals surface area contributed by atoms with Gasteiger partial charge in [-0.1, -0.05) is 12.1 Å². The minimum atomic E-state index is -0.0626. The first-order valence-corrected chi connectivity index (χ1v) is 9.48. The Bertz CT molecular complexity index is 948. The summed E-state index contributed by atoms with van der Waals surface area (Å²) in [5, 5.41) is 13.7. The molecule has 2 N–H and O–H groups in total. The van der Waals surface area contributed by atoms with Crippen molar-refractivity contribution in [2.75, 3.05) is 23.3 Å². The van der Waals surface area contributed by atoms with E-state index in [0.717, 1.165) is 42.0 Å². The zero-order chi connectivity index (χ0) is 18.1. The van der Waals surface area contributed by atoms with Crippen LogP contribution in [0.3, 0.4) is 0 Å². The van der Waals surface area contributed by atoms with Crippen molar-refractivity contribution in [3.63, 3.8) is 0 Å². The molecule has 0 bridgehead atoms. The highest BCUT2D eigenvalue weighted by atomic mass is 32.1. The predicted octanol–water partition coefficient (Wildman–Crippen LogP) is 3.56. The number of piperidine rings is 1. The van der Waals surface area contributed by atoms with Gasteiger partial charge < -0.3 is 15.3 Å². The Hall–Kier alpha value is -2.67. The smallest absolute Gasteiger partial charge is 0.227 e. The lowest BCUT2D eigenvalue weighted by molar-refractivity contribution is -0.120. The summed E-state index contributed by atoms with van der Waals surface area (Å²) in [6.07, 6.45) is 3.13. The van der Waals surface area contributed by atoms with Crippen LogP contribution < -0.4 is 10.2 Å². The van der Waals surface area contributed by atoms with Gasteiger partial charge in [0.15, 0.2) is 0 Å². The summed E-state index contributed by atoms with van der Waals surface area (Å²) in [5.74, 6) is 0.950. The first kappa shape index (κ1) is 16.8. The molecule has 2 aromatic heterocycles. The Morgan fingerprint density at radius 1 is 1.27 bits per heavy atom. The number of phenols is 1. The van der Waals surface area contributed by atoms with Gasteiger partial charge in [-0.05, 0) is 38.0 Å². The van der Waals surface area contributed by atoms with E-state index in [1.807, 2.05) is 0 Å². The summed E-state index contributed by atoms with van der Waals surface area (Å²) in [5.41, 5.74) is 0.464. The van der Waals surface area contributed by atoms with Gasteiger partial charge in [0.05, 0.1) is 11.1 Å². The highest BCUT2D eigenvalue weighted by Crippen LogP contribution is 2.32. The first-order valence-electron chi connectivity index (χ1n) is 8.67. The number of nitrogens with one attached hydrogen (secondary N) is 1. The average molecular weight is 368 g/mol. The lowest BCUT2D eigenvalue weighted by Crippen LogP contribution is -2.38. The largest absolute Gasteiger partial charge is 0.506 e. The second kappa shape index (κ2) is 6.92. The molecule has 0 atom stereocenters. The summed E-state index contributed by atoms with van der Waals surface area (Å²) in [7, 11) is 0. The quantitative estimate of drug-likeness (QED) is 0.691. The number of benzene rings is 1. The Morgan fingerprint density at radius 3 is 2.81 bits per heavy atom. The summed E-state index contributed by atoms with van der Waals surface area (Å²) in [6.45, 7) is 3.63. The van der Waals surface area contributed by atoms with Gasteiger partial charge in [0.2, 0.25) is 5.91 Å². The van der Waals surface area contributed by atoms with Crippen molar-refractivity contribution in [1.82, 2.24) is 9.97 Å². The van der Waals surface area contributed by atoms with Crippen molar-refractivity contribution in [2.24, 2.45) is 5.92 Å². The van der Waals surface area contributed by atoms with Crippen LogP contribution in [0, 0.1) is 12.8 Å². The third-order valence-corrected chi connectivity index (χ3v) is 5.72. The van der Waals surface area contributed by atoms with Crippen LogP contribution in [0.4, 0.5) is 11.5 Å². The van der Waals surface area contributed by atoms with Gasteiger partial charge in [0, 0.05) is 23.9 Å². The van der Waals surface area contributed by atoms with Crippen molar-refractivity contribution >= 4 is 39.0 Å². The van der Waals surface area contributed by atoms with Crippen LogP contribution >= 0.6 is 11.3 Å². The summed E-state index contributed by atoms with van der Waals surface area (Å²) >= 11 is 1.67. The zero-order valence-corrected chi connectivity index (χ0v) is 15.3. The number of aryl methyl sites for hydroxylation is 1. The molecule has 0 unspecified atom stereocenters. The second-order valence-corrected chi connectivity index (χ2v) is 7.78. The van der Waals surface area contributed by atoms with Crippen LogP contribution in [-0.2, 0) is 4.79 Å². The molecule has 26 heavy (non-hydrogen) atoms. The number of aromatic nitrogens is 2. The van der Waals surface area contributed by atoms with Crippen molar-refractivity contribution < 1.29 is 9.90 Å². The van der Waals surface area contributed by atoms with Crippen LogP contribution in [0.2, 0.25) is 0 Å². The Balaban J connectivity index is 1.44. The molecule has 7 heteroatoms. The van der Waals surface area contributed by atoms with E-state index in [9.17, 15) is 9.90 Å². The summed E-state index contributed by atoms with van der Waals surface area (Å²) in [4.78, 5) is 25.8. The van der Waals surface area contributed by atoms with E-state index in [0.29, 0.717) is 5.69 Å². The van der Waals surface area contributed by atoms with Gasteiger partial charge in [0.25, 0.3) is 0 Å². The molecule has 1 fully saturated rings. The van der Waals surface area contributed by atoms with E-state index in [1.54, 1.807) is 41.9 Å². The topological polar surface area (TPSA) is 78.4 Å². The van der Waals surface area contributed by atoms with Gasteiger partial charge >= 0.3 is 0 Å². The molecule has 134 valence electrons. The van der Waals surface area contributed by atoms with Gasteiger partial charge in [-0.2, -0.15) is 0 Å². The lowest BCUT2D eigenvalue weighted by Gasteiger charge is -2.32. The number of rotatable bonds is 3. The van der Waals surface area contributed by atoms with E-state index in [-0.39, 0.29) is 17.6 Å². The van der Waals surface area contributed by atoms with Gasteiger partial charge in [-0.15, -0.1) is 11.3 Å². The van der Waals surface area contributed by atoms with E-state index >= 15 is 0 Å². The molecule has 1 aliphatic rings. The molecule has 0 aliphatic carbocycles. The molecule has 3 heterocycles. The third-order valence-electron chi connectivity index (χ3n) is 4.76. The van der Waals surface area contributed by atoms with Crippen molar-refractivity contribution in [3.8, 4) is 5.75 Å². The SMILES string of the molecule is Cc1cc2c(N3CCC(C(=O)Nc4ccccc4O)CC3)ncnc2s1. The number of hydrogen-bond acceptors (Lipinski definition) is 6. The molecule has 0 spiro atoms. The monoisotopic (exact) mass is 368 g/mol. The fourth-order valence-corrected chi connectivity index (χ4v) is 4.22. The maximum Gasteiger partial charge on any atom is 0.227 e. The van der Waals surface area contributed by atoms with Crippen LogP contribution in [-0.4, -0.2) is 34.1 Å². The molecule has 6 nitrogen and oxygen atoms in total. The number of fused-ring (bicyclic) bond motifs is 1. The number of nitrogens with zero attached hydrogens (tertiary/aromatic N) is 3. The summed E-state index contributed by atoms with van der Waals surface area (Å²) < 4.78 is 0. The molecule has 1 saturated heterocycles. The molecule has 4 rings (SSSR count). The Morgan fingerprint density at radius 2 is 2.04 bits per heavy atom. The number of aromatic hydroxyl groups is 1. The Kier molecular flexibility index (Phi) is 4.46. The number of thiophene rings is 1. The van der Waals surface area contributed by atoms with Crippen LogP contribution in [0.15, 0.2) is 36.7 Å². The normalized spacial score (nSPS) is 15.3. The average Bonchev–Trinajstić information content (AvgIpc) is 3.04. The number of para-hydroxylation sites is 2. The molecule has 1 amide bonds.